The molecule has 0 radical (unpaired) electrons. The molecule has 9 nitrogen and oxygen atoms in total. The Labute approximate surface area is 145 Å². The first-order valence-electron chi connectivity index (χ1n) is 8.59. The van der Waals surface area contributed by atoms with E-state index in [-0.39, 0.29) is 23.5 Å². The Balaban J connectivity index is 1.63. The number of aromatic nitrogens is 4. The predicted molar refractivity (Wildman–Crippen MR) is 91.5 cm³/mol. The van der Waals surface area contributed by atoms with Crippen molar-refractivity contribution in [2.24, 2.45) is 0 Å². The minimum Gasteiger partial charge on any atom is -0.469 e. The van der Waals surface area contributed by atoms with E-state index >= 15 is 0 Å². The van der Waals surface area contributed by atoms with E-state index in [0.29, 0.717) is 6.54 Å². The Bertz CT molecular complexity index is 685. The van der Waals surface area contributed by atoms with Crippen molar-refractivity contribution >= 4 is 11.5 Å². The van der Waals surface area contributed by atoms with Crippen LogP contribution in [0, 0.1) is 10.1 Å². The van der Waals surface area contributed by atoms with Gasteiger partial charge in [-0.3, -0.25) is 10.1 Å². The number of aryl methyl sites for hydroxylation is 1. The molecule has 9 heteroatoms. The van der Waals surface area contributed by atoms with Crippen molar-refractivity contribution in [2.45, 2.75) is 51.2 Å². The summed E-state index contributed by atoms with van der Waals surface area (Å²) in [6, 6.07) is 0. The molecular weight excluding hydrogens is 324 g/mol. The van der Waals surface area contributed by atoms with Gasteiger partial charge in [-0.25, -0.2) is 9.97 Å². The van der Waals surface area contributed by atoms with Gasteiger partial charge in [0, 0.05) is 25.5 Å². The van der Waals surface area contributed by atoms with Gasteiger partial charge in [0.05, 0.1) is 11.3 Å². The maximum atomic E-state index is 11.5. The molecule has 1 fully saturated rings. The highest BCUT2D eigenvalue weighted by molar-refractivity contribution is 5.61. The van der Waals surface area contributed by atoms with Gasteiger partial charge in [-0.15, -0.1) is 0 Å². The lowest BCUT2D eigenvalue weighted by Crippen LogP contribution is -2.21. The molecule has 2 aromatic rings. The maximum Gasteiger partial charge on any atom is 0.372 e. The van der Waals surface area contributed by atoms with Crippen LogP contribution in [0.4, 0.5) is 11.5 Å². The van der Waals surface area contributed by atoms with Gasteiger partial charge in [-0.05, 0) is 32.1 Å². The summed E-state index contributed by atoms with van der Waals surface area (Å²) in [5.74, 6) is 0.264. The zero-order valence-electron chi connectivity index (χ0n) is 14.0. The quantitative estimate of drug-likeness (QED) is 0.445. The van der Waals surface area contributed by atoms with Crippen LogP contribution in [0.5, 0.6) is 5.88 Å². The largest absolute Gasteiger partial charge is 0.469 e. The van der Waals surface area contributed by atoms with E-state index in [1.807, 2.05) is 10.8 Å². The average Bonchev–Trinajstić information content (AvgIpc) is 3.13. The molecular formula is C16H22N6O3. The summed E-state index contributed by atoms with van der Waals surface area (Å²) in [7, 11) is 0. The van der Waals surface area contributed by atoms with Crippen LogP contribution in [-0.2, 0) is 6.54 Å². The molecule has 0 aromatic carbocycles. The Morgan fingerprint density at radius 1 is 1.32 bits per heavy atom. The van der Waals surface area contributed by atoms with Gasteiger partial charge in [-0.2, -0.15) is 4.98 Å². The van der Waals surface area contributed by atoms with Crippen LogP contribution in [-0.4, -0.2) is 37.1 Å². The van der Waals surface area contributed by atoms with Crippen molar-refractivity contribution in [2.75, 3.05) is 11.9 Å². The third-order valence-corrected chi connectivity index (χ3v) is 4.25. The van der Waals surface area contributed by atoms with Crippen LogP contribution < -0.4 is 10.1 Å². The highest BCUT2D eigenvalue weighted by Crippen LogP contribution is 2.33. The fraction of sp³-hybridized carbons (Fsp3) is 0.562. The Morgan fingerprint density at radius 2 is 2.16 bits per heavy atom. The molecule has 134 valence electrons. The first-order chi connectivity index (χ1) is 12.2. The number of rotatable bonds is 8. The van der Waals surface area contributed by atoms with Gasteiger partial charge in [0.25, 0.3) is 5.88 Å². The lowest BCUT2D eigenvalue weighted by molar-refractivity contribution is -0.385. The fourth-order valence-corrected chi connectivity index (χ4v) is 2.97. The number of hydrogen-bond acceptors (Lipinski definition) is 7. The smallest absolute Gasteiger partial charge is 0.372 e. The topological polar surface area (TPSA) is 108 Å². The highest BCUT2D eigenvalue weighted by Gasteiger charge is 2.27. The third kappa shape index (κ3) is 4.65. The lowest BCUT2D eigenvalue weighted by atomic mass is 9.98. The molecule has 0 saturated heterocycles. The van der Waals surface area contributed by atoms with Crippen molar-refractivity contribution in [1.82, 2.24) is 19.5 Å². The first kappa shape index (κ1) is 17.1. The molecule has 1 aliphatic rings. The third-order valence-electron chi connectivity index (χ3n) is 4.25. The van der Waals surface area contributed by atoms with E-state index in [9.17, 15) is 10.1 Å². The average molecular weight is 346 g/mol. The van der Waals surface area contributed by atoms with Crippen LogP contribution in [0.3, 0.4) is 0 Å². The van der Waals surface area contributed by atoms with E-state index in [4.69, 9.17) is 4.74 Å². The lowest BCUT2D eigenvalue weighted by Gasteiger charge is -2.22. The van der Waals surface area contributed by atoms with Crippen molar-refractivity contribution in [1.29, 1.82) is 0 Å². The molecule has 0 atom stereocenters. The van der Waals surface area contributed by atoms with E-state index in [2.05, 4.69) is 20.3 Å². The van der Waals surface area contributed by atoms with Gasteiger partial charge in [0.2, 0.25) is 5.82 Å². The number of anilines is 1. The number of nitro groups is 1. The van der Waals surface area contributed by atoms with Crippen molar-refractivity contribution in [3.05, 3.63) is 35.2 Å². The Morgan fingerprint density at radius 3 is 2.88 bits per heavy atom. The zero-order chi connectivity index (χ0) is 17.5. The molecule has 2 heterocycles. The minimum atomic E-state index is -0.476. The van der Waals surface area contributed by atoms with Crippen LogP contribution in [0.1, 0.15) is 38.5 Å². The first-order valence-corrected chi connectivity index (χ1v) is 8.59. The second kappa shape index (κ2) is 8.41. The summed E-state index contributed by atoms with van der Waals surface area (Å²) < 4.78 is 7.76. The van der Waals surface area contributed by atoms with Crippen LogP contribution in [0.2, 0.25) is 0 Å². The van der Waals surface area contributed by atoms with Gasteiger partial charge < -0.3 is 14.6 Å². The Kier molecular flexibility index (Phi) is 5.76. The second-order valence-electron chi connectivity index (χ2n) is 6.09. The molecule has 0 bridgehead atoms. The summed E-state index contributed by atoms with van der Waals surface area (Å²) in [5, 5.41) is 14.5. The van der Waals surface area contributed by atoms with Crippen LogP contribution in [0.25, 0.3) is 0 Å². The van der Waals surface area contributed by atoms with Crippen LogP contribution >= 0.6 is 0 Å². The SMILES string of the molecule is O=[N+]([O-])c1c(NCCCn2ccnc2)ncnc1OC1CCCCC1. The number of nitrogens with one attached hydrogen (secondary N) is 1. The standard InChI is InChI=1S/C16H22N6O3/c23-22(24)14-15(18-7-4-9-21-10-8-17-12-21)19-11-20-16(14)25-13-5-2-1-3-6-13/h8,10-13H,1-7,9H2,(H,18,19,20). The van der Waals surface area contributed by atoms with E-state index in [0.717, 1.165) is 38.6 Å². The normalized spacial score (nSPS) is 15.0. The van der Waals surface area contributed by atoms with Crippen molar-refractivity contribution < 1.29 is 9.66 Å². The van der Waals surface area contributed by atoms with Crippen molar-refractivity contribution in [3.63, 3.8) is 0 Å². The summed E-state index contributed by atoms with van der Waals surface area (Å²) >= 11 is 0. The molecule has 0 amide bonds. The monoisotopic (exact) mass is 346 g/mol. The van der Waals surface area contributed by atoms with Gasteiger partial charge in [0.1, 0.15) is 12.4 Å². The molecule has 3 rings (SSSR count). The molecule has 1 N–H and O–H groups in total. The molecule has 2 aromatic heterocycles. The number of imidazole rings is 1. The molecule has 0 aliphatic heterocycles. The highest BCUT2D eigenvalue weighted by atomic mass is 16.6. The number of hydrogen-bond donors (Lipinski definition) is 1. The zero-order valence-corrected chi connectivity index (χ0v) is 14.0. The van der Waals surface area contributed by atoms with E-state index < -0.39 is 4.92 Å². The minimum absolute atomic E-state index is 0.00330. The summed E-state index contributed by atoms with van der Waals surface area (Å²) in [6.07, 6.45) is 12.6. The fourth-order valence-electron chi connectivity index (χ4n) is 2.97. The molecule has 0 unspecified atom stereocenters. The summed E-state index contributed by atoms with van der Waals surface area (Å²) in [6.45, 7) is 1.33. The maximum absolute atomic E-state index is 11.5. The van der Waals surface area contributed by atoms with Crippen molar-refractivity contribution in [3.8, 4) is 5.88 Å². The Hall–Kier alpha value is -2.71. The van der Waals surface area contributed by atoms with Gasteiger partial charge >= 0.3 is 5.69 Å². The molecule has 1 aliphatic carbocycles. The molecule has 0 spiro atoms. The number of nitrogens with zero attached hydrogens (tertiary/aromatic N) is 5. The number of ether oxygens (including phenoxy) is 1. The second-order valence-corrected chi connectivity index (χ2v) is 6.09. The van der Waals surface area contributed by atoms with Crippen LogP contribution in [0.15, 0.2) is 25.0 Å². The summed E-state index contributed by atoms with van der Waals surface area (Å²) in [5.41, 5.74) is -0.185. The van der Waals surface area contributed by atoms with E-state index in [1.54, 1.807) is 12.5 Å². The molecule has 1 saturated carbocycles. The van der Waals surface area contributed by atoms with Gasteiger partial charge in [0.15, 0.2) is 0 Å². The molecule has 25 heavy (non-hydrogen) atoms. The predicted octanol–water partition coefficient (Wildman–Crippen LogP) is 2.80. The van der Waals surface area contributed by atoms with E-state index in [1.165, 1.54) is 12.7 Å². The summed E-state index contributed by atoms with van der Waals surface area (Å²) in [4.78, 5) is 23.0. The van der Waals surface area contributed by atoms with Gasteiger partial charge in [-0.1, -0.05) is 6.42 Å².